The smallest absolute Gasteiger partial charge is 0.423 e. The van der Waals surface area contributed by atoms with Crippen LogP contribution in [0.25, 0.3) is 0 Å². The Kier molecular flexibility index (Phi) is 5.61. The van der Waals surface area contributed by atoms with Crippen LogP contribution in [-0.2, 0) is 6.42 Å². The molecule has 0 saturated carbocycles. The summed E-state index contributed by atoms with van der Waals surface area (Å²) in [4.78, 5) is 12.8. The van der Waals surface area contributed by atoms with Gasteiger partial charge in [-0.1, -0.05) is 74.5 Å². The third kappa shape index (κ3) is 3.74. The first kappa shape index (κ1) is 18.1. The summed E-state index contributed by atoms with van der Waals surface area (Å²) >= 11 is 0. The fourth-order valence-corrected chi connectivity index (χ4v) is 3.23. The number of nitrogens with zero attached hydrogens (tertiary/aromatic N) is 1. The third-order valence-electron chi connectivity index (χ3n) is 4.27. The minimum absolute atomic E-state index is 0.253. The molecule has 0 aliphatic heterocycles. The summed E-state index contributed by atoms with van der Waals surface area (Å²) in [6.45, 7) is 6.59. The Balaban J connectivity index is 2.23. The summed E-state index contributed by atoms with van der Waals surface area (Å²) in [7, 11) is 0. The first-order chi connectivity index (χ1) is 12.6. The van der Waals surface area contributed by atoms with Crippen molar-refractivity contribution in [2.24, 2.45) is 5.92 Å². The van der Waals surface area contributed by atoms with Crippen LogP contribution < -0.4 is 10.5 Å². The van der Waals surface area contributed by atoms with Crippen molar-refractivity contribution in [3.05, 3.63) is 88.0 Å². The Hall–Kier alpha value is -2.75. The molecule has 26 heavy (non-hydrogen) atoms. The first-order valence-corrected chi connectivity index (χ1v) is 9.08. The summed E-state index contributed by atoms with van der Waals surface area (Å²) < 4.78 is 12.9. The third-order valence-corrected chi connectivity index (χ3v) is 4.27. The molecule has 2 aromatic carbocycles. The molecule has 0 saturated heterocycles. The van der Waals surface area contributed by atoms with E-state index in [1.54, 1.807) is 4.57 Å². The molecule has 136 valence electrons. The Labute approximate surface area is 154 Å². The zero-order valence-corrected chi connectivity index (χ0v) is 15.5. The standard InChI is InChI=1S/C22H25NO3/c1-4-25-21-19(15-16(2)3)23(22(24)26-21)20(17-11-7-5-8-12-17)18-13-9-6-10-14-18/h5-14,16,20H,4,15H2,1-3H3. The van der Waals surface area contributed by atoms with E-state index >= 15 is 0 Å². The molecule has 0 aliphatic carbocycles. The molecule has 0 aliphatic rings. The molecule has 0 spiro atoms. The molecule has 4 nitrogen and oxygen atoms in total. The van der Waals surface area contributed by atoms with Crippen LogP contribution in [0.15, 0.2) is 69.9 Å². The molecule has 1 heterocycles. The molecule has 4 heteroatoms. The zero-order valence-electron chi connectivity index (χ0n) is 15.5. The van der Waals surface area contributed by atoms with E-state index in [2.05, 4.69) is 13.8 Å². The molecule has 0 fully saturated rings. The highest BCUT2D eigenvalue weighted by Crippen LogP contribution is 2.31. The lowest BCUT2D eigenvalue weighted by atomic mass is 9.97. The van der Waals surface area contributed by atoms with Crippen molar-refractivity contribution in [2.75, 3.05) is 6.61 Å². The van der Waals surface area contributed by atoms with Crippen molar-refractivity contribution >= 4 is 0 Å². The van der Waals surface area contributed by atoms with Gasteiger partial charge in [0, 0.05) is 0 Å². The van der Waals surface area contributed by atoms with Gasteiger partial charge in [-0.05, 0) is 30.4 Å². The Bertz CT molecular complexity index is 839. The number of aromatic nitrogens is 1. The second-order valence-electron chi connectivity index (χ2n) is 6.73. The van der Waals surface area contributed by atoms with Gasteiger partial charge < -0.3 is 9.15 Å². The van der Waals surface area contributed by atoms with Crippen molar-refractivity contribution in [3.63, 3.8) is 0 Å². The number of rotatable bonds is 7. The van der Waals surface area contributed by atoms with Crippen LogP contribution in [-0.4, -0.2) is 11.2 Å². The largest absolute Gasteiger partial charge is 0.464 e. The molecule has 3 rings (SSSR count). The average Bonchev–Trinajstić information content (AvgIpc) is 2.93. The molecule has 0 amide bonds. The van der Waals surface area contributed by atoms with Crippen molar-refractivity contribution in [3.8, 4) is 5.95 Å². The lowest BCUT2D eigenvalue weighted by Crippen LogP contribution is -2.25. The maximum absolute atomic E-state index is 12.8. The summed E-state index contributed by atoms with van der Waals surface area (Å²) in [6.07, 6.45) is 0.706. The van der Waals surface area contributed by atoms with Crippen molar-refractivity contribution in [2.45, 2.75) is 33.2 Å². The van der Waals surface area contributed by atoms with Gasteiger partial charge in [-0.3, -0.25) is 4.57 Å². The lowest BCUT2D eigenvalue weighted by molar-refractivity contribution is 0.246. The van der Waals surface area contributed by atoms with E-state index in [4.69, 9.17) is 9.15 Å². The van der Waals surface area contributed by atoms with Crippen LogP contribution in [0.2, 0.25) is 0 Å². The molecule has 0 unspecified atom stereocenters. The van der Waals surface area contributed by atoms with Crippen molar-refractivity contribution in [1.29, 1.82) is 0 Å². The van der Waals surface area contributed by atoms with Gasteiger partial charge in [0.25, 0.3) is 0 Å². The molecular formula is C22H25NO3. The number of oxazole rings is 1. The van der Waals surface area contributed by atoms with Gasteiger partial charge in [-0.2, -0.15) is 0 Å². The van der Waals surface area contributed by atoms with Crippen LogP contribution in [0.5, 0.6) is 5.95 Å². The zero-order chi connectivity index (χ0) is 18.5. The second-order valence-corrected chi connectivity index (χ2v) is 6.73. The quantitative estimate of drug-likeness (QED) is 0.621. The Morgan fingerprint density at radius 2 is 1.50 bits per heavy atom. The van der Waals surface area contributed by atoms with Crippen LogP contribution in [0.1, 0.15) is 43.6 Å². The predicted octanol–water partition coefficient (Wildman–Crippen LogP) is 4.68. The highest BCUT2D eigenvalue weighted by atomic mass is 16.6. The van der Waals surface area contributed by atoms with Gasteiger partial charge in [0.05, 0.1) is 12.6 Å². The minimum Gasteiger partial charge on any atom is -0.464 e. The summed E-state index contributed by atoms with van der Waals surface area (Å²) in [5.41, 5.74) is 2.88. The minimum atomic E-state index is -0.387. The average molecular weight is 351 g/mol. The normalized spacial score (nSPS) is 11.3. The molecule has 0 bridgehead atoms. The van der Waals surface area contributed by atoms with E-state index in [1.807, 2.05) is 67.6 Å². The van der Waals surface area contributed by atoms with E-state index < -0.39 is 0 Å². The number of hydrogen-bond acceptors (Lipinski definition) is 3. The van der Waals surface area contributed by atoms with Crippen molar-refractivity contribution < 1.29 is 9.15 Å². The molecule has 3 aromatic rings. The maximum Gasteiger partial charge on any atom is 0.423 e. The van der Waals surface area contributed by atoms with Crippen LogP contribution in [0, 0.1) is 5.92 Å². The van der Waals surface area contributed by atoms with E-state index in [0.29, 0.717) is 24.9 Å². The molecular weight excluding hydrogens is 326 g/mol. The van der Waals surface area contributed by atoms with Crippen LogP contribution in [0.4, 0.5) is 0 Å². The van der Waals surface area contributed by atoms with Crippen LogP contribution in [0.3, 0.4) is 0 Å². The monoisotopic (exact) mass is 351 g/mol. The lowest BCUT2D eigenvalue weighted by Gasteiger charge is -2.21. The van der Waals surface area contributed by atoms with Gasteiger partial charge in [0.1, 0.15) is 5.69 Å². The highest BCUT2D eigenvalue weighted by Gasteiger charge is 2.27. The second kappa shape index (κ2) is 8.09. The van der Waals surface area contributed by atoms with Gasteiger partial charge in [-0.25, -0.2) is 4.79 Å². The molecule has 1 aromatic heterocycles. The number of benzene rings is 2. The maximum atomic E-state index is 12.8. The Morgan fingerprint density at radius 3 is 1.96 bits per heavy atom. The number of hydrogen-bond donors (Lipinski definition) is 0. The Morgan fingerprint density at radius 1 is 0.962 bits per heavy atom. The molecule has 0 N–H and O–H groups in total. The summed E-state index contributed by atoms with van der Waals surface area (Å²) in [5, 5.41) is 0. The van der Waals surface area contributed by atoms with E-state index in [9.17, 15) is 4.79 Å². The summed E-state index contributed by atoms with van der Waals surface area (Å²) in [5.74, 6) is 0.314. The SMILES string of the molecule is CCOc1oc(=O)n(C(c2ccccc2)c2ccccc2)c1CC(C)C. The van der Waals surface area contributed by atoms with Gasteiger partial charge in [0.2, 0.25) is 0 Å². The fraction of sp³-hybridized carbons (Fsp3) is 0.318. The van der Waals surface area contributed by atoms with Gasteiger partial charge >= 0.3 is 11.7 Å². The molecule has 0 atom stereocenters. The topological polar surface area (TPSA) is 44.4 Å². The predicted molar refractivity (Wildman–Crippen MR) is 103 cm³/mol. The van der Waals surface area contributed by atoms with Gasteiger partial charge in [-0.15, -0.1) is 0 Å². The fourth-order valence-electron chi connectivity index (χ4n) is 3.23. The number of ether oxygens (including phenoxy) is 1. The first-order valence-electron chi connectivity index (χ1n) is 9.08. The van der Waals surface area contributed by atoms with Gasteiger partial charge in [0.15, 0.2) is 0 Å². The van der Waals surface area contributed by atoms with Crippen LogP contribution >= 0.6 is 0 Å². The highest BCUT2D eigenvalue weighted by molar-refractivity contribution is 5.35. The van der Waals surface area contributed by atoms with E-state index in [-0.39, 0.29) is 11.8 Å². The van der Waals surface area contributed by atoms with Crippen molar-refractivity contribution in [1.82, 2.24) is 4.57 Å². The van der Waals surface area contributed by atoms with E-state index in [0.717, 1.165) is 16.8 Å². The summed E-state index contributed by atoms with van der Waals surface area (Å²) in [6, 6.07) is 19.8. The molecule has 0 radical (unpaired) electrons. The van der Waals surface area contributed by atoms with E-state index in [1.165, 1.54) is 0 Å².